The van der Waals surface area contributed by atoms with Crippen molar-refractivity contribution in [2.24, 2.45) is 5.92 Å². The highest BCUT2D eigenvalue weighted by Crippen LogP contribution is 2.35. The Morgan fingerprint density at radius 1 is 1.07 bits per heavy atom. The van der Waals surface area contributed by atoms with Crippen molar-refractivity contribution in [3.8, 4) is 22.5 Å². The van der Waals surface area contributed by atoms with Crippen LogP contribution in [-0.2, 0) is 6.54 Å². The van der Waals surface area contributed by atoms with E-state index in [0.717, 1.165) is 53.2 Å². The first-order chi connectivity index (χ1) is 13.3. The van der Waals surface area contributed by atoms with Gasteiger partial charge in [-0.25, -0.2) is 9.61 Å². The van der Waals surface area contributed by atoms with Crippen LogP contribution in [0.25, 0.3) is 33.5 Å². The van der Waals surface area contributed by atoms with Gasteiger partial charge in [0.05, 0.1) is 17.7 Å². The van der Waals surface area contributed by atoms with Crippen LogP contribution in [-0.4, -0.2) is 44.9 Å². The minimum atomic E-state index is 0.626. The van der Waals surface area contributed by atoms with Crippen molar-refractivity contribution < 1.29 is 4.63 Å². The van der Waals surface area contributed by atoms with Gasteiger partial charge in [0.15, 0.2) is 0 Å². The van der Waals surface area contributed by atoms with Crippen LogP contribution < -0.4 is 0 Å². The van der Waals surface area contributed by atoms with E-state index in [-0.39, 0.29) is 0 Å². The zero-order valence-corrected chi connectivity index (χ0v) is 15.2. The number of aromatic nitrogens is 4. The summed E-state index contributed by atoms with van der Waals surface area (Å²) in [5.41, 5.74) is 5.70. The second kappa shape index (κ2) is 6.63. The average Bonchev–Trinajstić information content (AvgIpc) is 3.42. The van der Waals surface area contributed by atoms with E-state index in [1.165, 1.54) is 6.42 Å². The summed E-state index contributed by atoms with van der Waals surface area (Å²) in [5, 5.41) is 8.17. The van der Waals surface area contributed by atoms with E-state index in [4.69, 9.17) is 9.61 Å². The minimum absolute atomic E-state index is 0.626. The van der Waals surface area contributed by atoms with E-state index >= 15 is 0 Å². The van der Waals surface area contributed by atoms with Gasteiger partial charge in [-0.2, -0.15) is 0 Å². The molecule has 2 aromatic heterocycles. The molecule has 4 aromatic rings. The average molecular weight is 359 g/mol. The zero-order valence-electron chi connectivity index (χ0n) is 15.2. The molecule has 0 spiro atoms. The van der Waals surface area contributed by atoms with Gasteiger partial charge < -0.3 is 9.47 Å². The highest BCUT2D eigenvalue weighted by molar-refractivity contribution is 5.94. The van der Waals surface area contributed by atoms with E-state index in [1.807, 2.05) is 36.7 Å². The molecule has 1 aliphatic heterocycles. The minimum Gasteiger partial charge on any atom is -0.330 e. The fourth-order valence-corrected chi connectivity index (χ4v) is 4.06. The maximum Gasteiger partial charge on any atom is 0.144 e. The highest BCUT2D eigenvalue weighted by atomic mass is 16.6. The van der Waals surface area contributed by atoms with Crippen molar-refractivity contribution in [3.05, 3.63) is 54.9 Å². The summed E-state index contributed by atoms with van der Waals surface area (Å²) in [4.78, 5) is 7.18. The van der Waals surface area contributed by atoms with Gasteiger partial charge in [0, 0.05) is 24.2 Å². The summed E-state index contributed by atoms with van der Waals surface area (Å²) >= 11 is 0. The number of imidazole rings is 1. The summed E-state index contributed by atoms with van der Waals surface area (Å²) in [6.45, 7) is 3.22. The van der Waals surface area contributed by atoms with E-state index < -0.39 is 0 Å². The summed E-state index contributed by atoms with van der Waals surface area (Å²) in [6, 6.07) is 16.3. The summed E-state index contributed by atoms with van der Waals surface area (Å²) in [6.07, 6.45) is 3.17. The van der Waals surface area contributed by atoms with Crippen molar-refractivity contribution in [3.63, 3.8) is 0 Å². The number of likely N-dealkylation sites (tertiary alicyclic amines) is 1. The van der Waals surface area contributed by atoms with Gasteiger partial charge in [-0.15, -0.1) is 0 Å². The monoisotopic (exact) mass is 359 g/mol. The number of hydrogen-bond donors (Lipinski definition) is 0. The van der Waals surface area contributed by atoms with Crippen LogP contribution in [0.5, 0.6) is 0 Å². The Morgan fingerprint density at radius 2 is 1.96 bits per heavy atom. The Kier molecular flexibility index (Phi) is 3.98. The van der Waals surface area contributed by atoms with Crippen LogP contribution in [0.1, 0.15) is 6.42 Å². The van der Waals surface area contributed by atoms with Crippen LogP contribution >= 0.6 is 0 Å². The van der Waals surface area contributed by atoms with Gasteiger partial charge >= 0.3 is 0 Å². The maximum absolute atomic E-state index is 5.00. The van der Waals surface area contributed by atoms with Crippen LogP contribution in [0.15, 0.2) is 59.5 Å². The molecule has 0 N–H and O–H groups in total. The normalized spacial score (nSPS) is 17.7. The quantitative estimate of drug-likeness (QED) is 0.556. The molecule has 0 radical (unpaired) electrons. The fraction of sp³-hybridized carbons (Fsp3) is 0.286. The SMILES string of the molecule is CN1CCC(Cn2cnc(-c3ccccc3)c2-c2cccc3nonc23)C1. The molecule has 1 atom stereocenters. The second-order valence-electron chi connectivity index (χ2n) is 7.31. The number of rotatable bonds is 4. The molecule has 27 heavy (non-hydrogen) atoms. The molecular weight excluding hydrogens is 338 g/mol. The summed E-state index contributed by atoms with van der Waals surface area (Å²) in [7, 11) is 2.19. The molecule has 1 unspecified atom stereocenters. The Morgan fingerprint density at radius 3 is 2.78 bits per heavy atom. The smallest absolute Gasteiger partial charge is 0.144 e. The third-order valence-electron chi connectivity index (χ3n) is 5.37. The molecule has 1 saturated heterocycles. The second-order valence-corrected chi connectivity index (χ2v) is 7.31. The van der Waals surface area contributed by atoms with Gasteiger partial charge in [-0.05, 0) is 42.3 Å². The Labute approximate surface area is 157 Å². The van der Waals surface area contributed by atoms with Gasteiger partial charge in [0.1, 0.15) is 11.0 Å². The molecule has 0 amide bonds. The van der Waals surface area contributed by atoms with E-state index in [0.29, 0.717) is 5.92 Å². The molecule has 136 valence electrons. The first kappa shape index (κ1) is 16.2. The predicted molar refractivity (Wildman–Crippen MR) is 104 cm³/mol. The van der Waals surface area contributed by atoms with Crippen LogP contribution in [0.3, 0.4) is 0 Å². The number of hydrogen-bond acceptors (Lipinski definition) is 5. The Balaban J connectivity index is 1.66. The van der Waals surface area contributed by atoms with Crippen molar-refractivity contribution >= 4 is 11.0 Å². The first-order valence-electron chi connectivity index (χ1n) is 9.30. The molecule has 0 bridgehead atoms. The molecule has 0 saturated carbocycles. The van der Waals surface area contributed by atoms with Crippen molar-refractivity contribution in [1.29, 1.82) is 0 Å². The zero-order chi connectivity index (χ0) is 18.2. The third-order valence-corrected chi connectivity index (χ3v) is 5.37. The highest BCUT2D eigenvalue weighted by Gasteiger charge is 2.24. The largest absolute Gasteiger partial charge is 0.330 e. The number of fused-ring (bicyclic) bond motifs is 1. The molecule has 2 aromatic carbocycles. The van der Waals surface area contributed by atoms with Gasteiger partial charge in [0.2, 0.25) is 0 Å². The van der Waals surface area contributed by atoms with Gasteiger partial charge in [-0.3, -0.25) is 0 Å². The molecule has 6 heteroatoms. The summed E-state index contributed by atoms with van der Waals surface area (Å²) < 4.78 is 7.27. The molecule has 0 aliphatic carbocycles. The Hall–Kier alpha value is -2.99. The standard InChI is InChI=1S/C21H21N5O/c1-25-11-10-15(12-25)13-26-14-22-19(16-6-3-2-4-7-16)21(26)17-8-5-9-18-20(17)24-27-23-18/h2-9,14-15H,10-13H2,1H3. The molecule has 5 rings (SSSR count). The lowest BCUT2D eigenvalue weighted by Gasteiger charge is -2.15. The van der Waals surface area contributed by atoms with Crippen LogP contribution in [0.4, 0.5) is 0 Å². The summed E-state index contributed by atoms with van der Waals surface area (Å²) in [5.74, 6) is 0.626. The predicted octanol–water partition coefficient (Wildman–Crippen LogP) is 3.71. The number of benzene rings is 2. The van der Waals surface area contributed by atoms with Crippen molar-refractivity contribution in [2.75, 3.05) is 20.1 Å². The molecular formula is C21H21N5O. The molecule has 6 nitrogen and oxygen atoms in total. The van der Waals surface area contributed by atoms with Crippen LogP contribution in [0, 0.1) is 5.92 Å². The van der Waals surface area contributed by atoms with Crippen molar-refractivity contribution in [1.82, 2.24) is 24.8 Å². The van der Waals surface area contributed by atoms with E-state index in [1.54, 1.807) is 0 Å². The first-order valence-corrected chi connectivity index (χ1v) is 9.30. The third kappa shape index (κ3) is 2.92. The number of nitrogens with zero attached hydrogens (tertiary/aromatic N) is 5. The Bertz CT molecular complexity index is 1070. The van der Waals surface area contributed by atoms with Gasteiger partial charge in [-0.1, -0.05) is 42.5 Å². The lowest BCUT2D eigenvalue weighted by Crippen LogP contribution is -2.17. The van der Waals surface area contributed by atoms with Crippen molar-refractivity contribution in [2.45, 2.75) is 13.0 Å². The molecule has 1 aliphatic rings. The maximum atomic E-state index is 5.00. The van der Waals surface area contributed by atoms with E-state index in [2.05, 4.69) is 45.0 Å². The van der Waals surface area contributed by atoms with Gasteiger partial charge in [0.25, 0.3) is 0 Å². The lowest BCUT2D eigenvalue weighted by atomic mass is 10.0. The molecule has 3 heterocycles. The van der Waals surface area contributed by atoms with Crippen LogP contribution in [0.2, 0.25) is 0 Å². The fourth-order valence-electron chi connectivity index (χ4n) is 4.06. The van der Waals surface area contributed by atoms with E-state index in [9.17, 15) is 0 Å². The molecule has 1 fully saturated rings. The lowest BCUT2D eigenvalue weighted by molar-refractivity contribution is 0.315. The topological polar surface area (TPSA) is 60.0 Å².